The molecule has 1 atom stereocenters. The summed E-state index contributed by atoms with van der Waals surface area (Å²) in [5.74, 6) is -0.615. The van der Waals surface area contributed by atoms with Gasteiger partial charge in [0.05, 0.1) is 18.2 Å². The Morgan fingerprint density at radius 1 is 1.29 bits per heavy atom. The van der Waals surface area contributed by atoms with Crippen molar-refractivity contribution in [1.29, 1.82) is 0 Å². The number of rotatable bonds is 4. The van der Waals surface area contributed by atoms with E-state index in [-0.39, 0.29) is 24.5 Å². The number of hydrogen-bond acceptors (Lipinski definition) is 6. The van der Waals surface area contributed by atoms with Crippen molar-refractivity contribution < 1.29 is 14.3 Å². The number of fused-ring (bicyclic) bond motifs is 2. The van der Waals surface area contributed by atoms with Crippen LogP contribution in [0.25, 0.3) is 11.0 Å². The zero-order chi connectivity index (χ0) is 19.7. The van der Waals surface area contributed by atoms with E-state index in [1.54, 1.807) is 17.8 Å². The smallest absolute Gasteiger partial charge is 0.308 e. The lowest BCUT2D eigenvalue weighted by Gasteiger charge is -2.32. The van der Waals surface area contributed by atoms with Gasteiger partial charge in [0.1, 0.15) is 6.61 Å². The lowest BCUT2D eigenvalue weighted by Crippen LogP contribution is -2.32. The first-order valence-corrected chi connectivity index (χ1v) is 9.58. The van der Waals surface area contributed by atoms with Crippen molar-refractivity contribution in [2.45, 2.75) is 26.0 Å². The van der Waals surface area contributed by atoms with Crippen LogP contribution in [0.4, 0.5) is 0 Å². The van der Waals surface area contributed by atoms with E-state index >= 15 is 0 Å². The molecular formula is C20H17N3O4S. The molecular weight excluding hydrogens is 378 g/mol. The van der Waals surface area contributed by atoms with Gasteiger partial charge in [0.15, 0.2) is 4.96 Å². The summed E-state index contributed by atoms with van der Waals surface area (Å²) in [6, 6.07) is 8.56. The van der Waals surface area contributed by atoms with Crippen LogP contribution in [0.15, 0.2) is 52.9 Å². The maximum atomic E-state index is 12.5. The standard InChI is InChI=1S/C20H17N3O4S/c1-13(24)22-7-6-14-4-2-3-5-16(14)17(22)11-19(26)27-12-15-10-18(25)23-8-9-28-20(23)21-15/h2-10,17H,11-12H2,1H3/t17-/m1/s1. The Labute approximate surface area is 164 Å². The minimum Gasteiger partial charge on any atom is -0.459 e. The first-order valence-electron chi connectivity index (χ1n) is 8.70. The summed E-state index contributed by atoms with van der Waals surface area (Å²) in [4.78, 5) is 42.9. The molecule has 28 heavy (non-hydrogen) atoms. The minimum atomic E-state index is -0.463. The summed E-state index contributed by atoms with van der Waals surface area (Å²) in [5, 5.41) is 1.77. The van der Waals surface area contributed by atoms with Gasteiger partial charge in [-0.05, 0) is 17.2 Å². The zero-order valence-electron chi connectivity index (χ0n) is 15.1. The van der Waals surface area contributed by atoms with Crippen molar-refractivity contribution in [3.05, 3.63) is 75.3 Å². The molecule has 0 aliphatic carbocycles. The SMILES string of the molecule is CC(=O)N1C=Cc2ccccc2[C@H]1CC(=O)OCc1cc(=O)n2ccsc2n1. The fourth-order valence-corrected chi connectivity index (χ4v) is 3.98. The number of carbonyl (C=O) groups is 2. The number of ether oxygens (including phenoxy) is 1. The molecule has 7 nitrogen and oxygen atoms in total. The first-order chi connectivity index (χ1) is 13.5. The molecule has 3 aromatic rings. The van der Waals surface area contributed by atoms with E-state index in [9.17, 15) is 14.4 Å². The Morgan fingerprint density at radius 3 is 2.93 bits per heavy atom. The molecule has 1 aliphatic rings. The van der Waals surface area contributed by atoms with E-state index in [2.05, 4.69) is 4.98 Å². The third kappa shape index (κ3) is 3.46. The van der Waals surface area contributed by atoms with E-state index in [0.29, 0.717) is 10.7 Å². The van der Waals surface area contributed by atoms with Crippen LogP contribution in [0, 0.1) is 0 Å². The number of aromatic nitrogens is 2. The van der Waals surface area contributed by atoms with E-state index in [4.69, 9.17) is 4.74 Å². The van der Waals surface area contributed by atoms with E-state index in [1.807, 2.05) is 30.3 Å². The second-order valence-corrected chi connectivity index (χ2v) is 7.27. The molecule has 0 radical (unpaired) electrons. The van der Waals surface area contributed by atoms with Gasteiger partial charge in [-0.15, -0.1) is 11.3 Å². The minimum absolute atomic E-state index is 0.0150. The van der Waals surface area contributed by atoms with Crippen molar-refractivity contribution in [2.24, 2.45) is 0 Å². The van der Waals surface area contributed by atoms with Crippen molar-refractivity contribution in [3.63, 3.8) is 0 Å². The molecule has 2 aromatic heterocycles. The Kier molecular flexibility index (Phi) is 4.79. The second-order valence-electron chi connectivity index (χ2n) is 6.39. The predicted molar refractivity (Wildman–Crippen MR) is 104 cm³/mol. The Bertz CT molecular complexity index is 1150. The summed E-state index contributed by atoms with van der Waals surface area (Å²) in [6.45, 7) is 1.37. The lowest BCUT2D eigenvalue weighted by molar-refractivity contribution is -0.147. The number of carbonyl (C=O) groups excluding carboxylic acids is 2. The molecule has 0 saturated heterocycles. The number of nitrogens with zero attached hydrogens (tertiary/aromatic N) is 3. The third-order valence-electron chi connectivity index (χ3n) is 4.57. The van der Waals surface area contributed by atoms with Gasteiger partial charge in [0.2, 0.25) is 5.91 Å². The van der Waals surface area contributed by atoms with E-state index < -0.39 is 12.0 Å². The lowest BCUT2D eigenvalue weighted by atomic mass is 9.94. The summed E-state index contributed by atoms with van der Waals surface area (Å²) < 4.78 is 6.78. The Morgan fingerprint density at radius 2 is 2.11 bits per heavy atom. The number of amides is 1. The number of thiazole rings is 1. The highest BCUT2D eigenvalue weighted by Crippen LogP contribution is 2.33. The third-order valence-corrected chi connectivity index (χ3v) is 5.32. The van der Waals surface area contributed by atoms with Crippen LogP contribution < -0.4 is 5.56 Å². The first kappa shape index (κ1) is 18.1. The highest BCUT2D eigenvalue weighted by molar-refractivity contribution is 7.15. The van der Waals surface area contributed by atoms with Crippen molar-refractivity contribution in [1.82, 2.24) is 14.3 Å². The van der Waals surface area contributed by atoms with E-state index in [0.717, 1.165) is 11.1 Å². The molecule has 1 aliphatic heterocycles. The molecule has 4 rings (SSSR count). The molecule has 3 heterocycles. The Hall–Kier alpha value is -3.26. The molecule has 0 N–H and O–H groups in total. The van der Waals surface area contributed by atoms with Crippen LogP contribution in [-0.2, 0) is 20.9 Å². The molecule has 0 unspecified atom stereocenters. The van der Waals surface area contributed by atoms with Gasteiger partial charge in [0, 0.05) is 30.8 Å². The average Bonchev–Trinajstić information content (AvgIpc) is 3.15. The van der Waals surface area contributed by atoms with Crippen molar-refractivity contribution in [3.8, 4) is 0 Å². The topological polar surface area (TPSA) is 81.0 Å². The number of esters is 1. The molecule has 0 saturated carbocycles. The fourth-order valence-electron chi connectivity index (χ4n) is 3.25. The van der Waals surface area contributed by atoms with Crippen LogP contribution in [0.2, 0.25) is 0 Å². The summed E-state index contributed by atoms with van der Waals surface area (Å²) in [7, 11) is 0. The van der Waals surface area contributed by atoms with Crippen LogP contribution in [0.3, 0.4) is 0 Å². The predicted octanol–water partition coefficient (Wildman–Crippen LogP) is 2.76. The molecule has 0 bridgehead atoms. The summed E-state index contributed by atoms with van der Waals surface area (Å²) >= 11 is 1.33. The van der Waals surface area contributed by atoms with Crippen molar-refractivity contribution in [2.75, 3.05) is 0 Å². The largest absolute Gasteiger partial charge is 0.459 e. The van der Waals surface area contributed by atoms with Gasteiger partial charge in [-0.2, -0.15) is 0 Å². The molecule has 142 valence electrons. The summed E-state index contributed by atoms with van der Waals surface area (Å²) in [6.07, 6.45) is 5.21. The molecule has 0 spiro atoms. The van der Waals surface area contributed by atoms with Gasteiger partial charge >= 0.3 is 5.97 Å². The summed E-state index contributed by atoms with van der Waals surface area (Å²) in [5.41, 5.74) is 2.05. The van der Waals surface area contributed by atoms with Gasteiger partial charge in [-0.1, -0.05) is 24.3 Å². The van der Waals surface area contributed by atoms with E-state index in [1.165, 1.54) is 33.6 Å². The average molecular weight is 395 g/mol. The molecule has 0 fully saturated rings. The highest BCUT2D eigenvalue weighted by atomic mass is 32.1. The molecule has 1 aromatic carbocycles. The van der Waals surface area contributed by atoms with Gasteiger partial charge in [-0.3, -0.25) is 18.8 Å². The number of benzene rings is 1. The zero-order valence-corrected chi connectivity index (χ0v) is 15.9. The highest BCUT2D eigenvalue weighted by Gasteiger charge is 2.28. The van der Waals surface area contributed by atoms with Gasteiger partial charge in [0.25, 0.3) is 5.56 Å². The second kappa shape index (κ2) is 7.40. The maximum absolute atomic E-state index is 12.5. The van der Waals surface area contributed by atoms with Crippen LogP contribution >= 0.6 is 11.3 Å². The quantitative estimate of drug-likeness (QED) is 0.635. The maximum Gasteiger partial charge on any atom is 0.308 e. The fraction of sp³-hybridized carbons (Fsp3) is 0.200. The normalized spacial score (nSPS) is 15.5. The van der Waals surface area contributed by atoms with Crippen LogP contribution in [0.1, 0.15) is 36.2 Å². The monoisotopic (exact) mass is 395 g/mol. The number of hydrogen-bond donors (Lipinski definition) is 0. The van der Waals surface area contributed by atoms with Crippen LogP contribution in [-0.4, -0.2) is 26.2 Å². The van der Waals surface area contributed by atoms with Crippen molar-refractivity contribution >= 4 is 34.3 Å². The molecule has 1 amide bonds. The molecule has 8 heteroatoms. The van der Waals surface area contributed by atoms with Crippen LogP contribution in [0.5, 0.6) is 0 Å². The Balaban J connectivity index is 1.49. The van der Waals surface area contributed by atoms with Gasteiger partial charge in [-0.25, -0.2) is 4.98 Å². The van der Waals surface area contributed by atoms with Gasteiger partial charge < -0.3 is 9.64 Å².